The molecule has 0 aromatic carbocycles. The predicted octanol–water partition coefficient (Wildman–Crippen LogP) is 3.23. The molecule has 0 aromatic rings. The van der Waals surface area contributed by atoms with Gasteiger partial charge in [-0.2, -0.15) is 0 Å². The van der Waals surface area contributed by atoms with E-state index in [2.05, 4.69) is 6.92 Å². The summed E-state index contributed by atoms with van der Waals surface area (Å²) in [6, 6.07) is 0. The summed E-state index contributed by atoms with van der Waals surface area (Å²) in [6.07, 6.45) is 5.54. The smallest absolute Gasteiger partial charge is 0.335 e. The average Bonchev–Trinajstić information content (AvgIpc) is 2.23. The molecule has 3 heteroatoms. The van der Waals surface area contributed by atoms with Gasteiger partial charge in [0.1, 0.15) is 0 Å². The van der Waals surface area contributed by atoms with Crippen molar-refractivity contribution in [3.8, 4) is 0 Å². The summed E-state index contributed by atoms with van der Waals surface area (Å²) in [5.74, 6) is -0.831. The van der Waals surface area contributed by atoms with E-state index in [1.165, 1.54) is 12.8 Å². The van der Waals surface area contributed by atoms with E-state index < -0.39 is 11.6 Å². The van der Waals surface area contributed by atoms with Crippen molar-refractivity contribution in [1.82, 2.24) is 0 Å². The van der Waals surface area contributed by atoms with Crippen LogP contribution in [-0.2, 0) is 9.53 Å². The quantitative estimate of drug-likeness (QED) is 0.602. The van der Waals surface area contributed by atoms with Crippen LogP contribution in [0.25, 0.3) is 0 Å². The molecular formula is C12H24O3. The van der Waals surface area contributed by atoms with Gasteiger partial charge in [0, 0.05) is 6.61 Å². The fourth-order valence-electron chi connectivity index (χ4n) is 1.61. The highest BCUT2D eigenvalue weighted by Gasteiger charge is 2.35. The van der Waals surface area contributed by atoms with Crippen LogP contribution >= 0.6 is 0 Å². The summed E-state index contributed by atoms with van der Waals surface area (Å²) in [5.41, 5.74) is -0.952. The molecule has 0 saturated carbocycles. The summed E-state index contributed by atoms with van der Waals surface area (Å²) in [7, 11) is 0. The zero-order chi connectivity index (χ0) is 11.7. The Bertz CT molecular complexity index is 174. The highest BCUT2D eigenvalue weighted by molar-refractivity contribution is 5.77. The molecule has 0 aliphatic heterocycles. The number of hydrogen-bond acceptors (Lipinski definition) is 2. The SMILES string of the molecule is CCCCCCOC(CC)(CC)C(=O)O. The van der Waals surface area contributed by atoms with Crippen molar-refractivity contribution in [1.29, 1.82) is 0 Å². The van der Waals surface area contributed by atoms with Crippen molar-refractivity contribution in [2.24, 2.45) is 0 Å². The van der Waals surface area contributed by atoms with Crippen molar-refractivity contribution in [2.45, 2.75) is 64.9 Å². The summed E-state index contributed by atoms with van der Waals surface area (Å²) in [4.78, 5) is 11.1. The van der Waals surface area contributed by atoms with Crippen molar-refractivity contribution in [2.75, 3.05) is 6.61 Å². The molecule has 0 aliphatic carbocycles. The second-order valence-electron chi connectivity index (χ2n) is 3.92. The topological polar surface area (TPSA) is 46.5 Å². The normalized spacial score (nSPS) is 11.7. The molecule has 0 fully saturated rings. The monoisotopic (exact) mass is 216 g/mol. The molecule has 0 aromatic heterocycles. The molecule has 0 unspecified atom stereocenters. The molecule has 0 heterocycles. The minimum absolute atomic E-state index is 0.534. The number of carbonyl (C=O) groups is 1. The standard InChI is InChI=1S/C12H24O3/c1-4-7-8-9-10-15-12(5-2,6-3)11(13)14/h4-10H2,1-3H3,(H,13,14). The lowest BCUT2D eigenvalue weighted by Crippen LogP contribution is -2.40. The highest BCUT2D eigenvalue weighted by atomic mass is 16.5. The van der Waals surface area contributed by atoms with Gasteiger partial charge in [-0.05, 0) is 19.3 Å². The number of aliphatic carboxylic acids is 1. The second kappa shape index (κ2) is 7.69. The van der Waals surface area contributed by atoms with Gasteiger partial charge in [0.05, 0.1) is 0 Å². The van der Waals surface area contributed by atoms with Crippen molar-refractivity contribution >= 4 is 5.97 Å². The molecule has 90 valence electrons. The van der Waals surface area contributed by atoms with Crippen LogP contribution in [0.1, 0.15) is 59.3 Å². The maximum atomic E-state index is 11.1. The van der Waals surface area contributed by atoms with Crippen LogP contribution in [-0.4, -0.2) is 23.3 Å². The summed E-state index contributed by atoms with van der Waals surface area (Å²) < 4.78 is 5.54. The van der Waals surface area contributed by atoms with Gasteiger partial charge in [-0.3, -0.25) is 0 Å². The Morgan fingerprint density at radius 3 is 2.13 bits per heavy atom. The number of hydrogen-bond donors (Lipinski definition) is 1. The Hall–Kier alpha value is -0.570. The summed E-state index contributed by atoms with van der Waals surface area (Å²) in [6.45, 7) is 6.45. The number of ether oxygens (including phenoxy) is 1. The zero-order valence-corrected chi connectivity index (χ0v) is 10.2. The first-order valence-electron chi connectivity index (χ1n) is 6.00. The fraction of sp³-hybridized carbons (Fsp3) is 0.917. The predicted molar refractivity (Wildman–Crippen MR) is 61.0 cm³/mol. The Morgan fingerprint density at radius 1 is 1.13 bits per heavy atom. The van der Waals surface area contributed by atoms with Crippen LogP contribution in [0.2, 0.25) is 0 Å². The largest absolute Gasteiger partial charge is 0.479 e. The number of carboxylic acid groups (broad SMARTS) is 1. The van der Waals surface area contributed by atoms with Gasteiger partial charge in [0.25, 0.3) is 0 Å². The van der Waals surface area contributed by atoms with Crippen LogP contribution in [0, 0.1) is 0 Å². The third-order valence-electron chi connectivity index (χ3n) is 2.91. The molecule has 0 radical (unpaired) electrons. The average molecular weight is 216 g/mol. The minimum atomic E-state index is -0.952. The third kappa shape index (κ3) is 4.65. The second-order valence-corrected chi connectivity index (χ2v) is 3.92. The molecule has 0 rings (SSSR count). The molecule has 0 aliphatic rings. The molecule has 0 amide bonds. The van der Waals surface area contributed by atoms with Gasteiger partial charge in [-0.25, -0.2) is 4.79 Å². The highest BCUT2D eigenvalue weighted by Crippen LogP contribution is 2.21. The van der Waals surface area contributed by atoms with Gasteiger partial charge < -0.3 is 9.84 Å². The molecule has 0 saturated heterocycles. The lowest BCUT2D eigenvalue weighted by Gasteiger charge is -2.27. The zero-order valence-electron chi connectivity index (χ0n) is 10.2. The van der Waals surface area contributed by atoms with E-state index in [1.807, 2.05) is 13.8 Å². The molecule has 15 heavy (non-hydrogen) atoms. The van der Waals surface area contributed by atoms with E-state index in [-0.39, 0.29) is 0 Å². The van der Waals surface area contributed by atoms with E-state index >= 15 is 0 Å². The summed E-state index contributed by atoms with van der Waals surface area (Å²) in [5, 5.41) is 9.10. The molecule has 0 spiro atoms. The van der Waals surface area contributed by atoms with Crippen LogP contribution in [0.5, 0.6) is 0 Å². The lowest BCUT2D eigenvalue weighted by molar-refractivity contribution is -0.167. The van der Waals surface area contributed by atoms with Gasteiger partial charge in [0.2, 0.25) is 0 Å². The third-order valence-corrected chi connectivity index (χ3v) is 2.91. The first-order valence-corrected chi connectivity index (χ1v) is 6.00. The van der Waals surface area contributed by atoms with E-state index in [0.717, 1.165) is 12.8 Å². The molecular weight excluding hydrogens is 192 g/mol. The van der Waals surface area contributed by atoms with Crippen LogP contribution in [0.4, 0.5) is 0 Å². The Morgan fingerprint density at radius 2 is 1.73 bits per heavy atom. The molecule has 3 nitrogen and oxygen atoms in total. The van der Waals surface area contributed by atoms with Crippen molar-refractivity contribution < 1.29 is 14.6 Å². The molecule has 1 N–H and O–H groups in total. The Kier molecular flexibility index (Phi) is 7.39. The minimum Gasteiger partial charge on any atom is -0.479 e. The number of rotatable bonds is 9. The first kappa shape index (κ1) is 14.4. The fourth-order valence-corrected chi connectivity index (χ4v) is 1.61. The molecule has 0 atom stereocenters. The summed E-state index contributed by atoms with van der Waals surface area (Å²) >= 11 is 0. The van der Waals surface area contributed by atoms with E-state index in [4.69, 9.17) is 9.84 Å². The van der Waals surface area contributed by atoms with Gasteiger partial charge in [-0.1, -0.05) is 40.0 Å². The van der Waals surface area contributed by atoms with Gasteiger partial charge in [-0.15, -0.1) is 0 Å². The van der Waals surface area contributed by atoms with Gasteiger partial charge >= 0.3 is 5.97 Å². The maximum absolute atomic E-state index is 11.1. The number of unbranched alkanes of at least 4 members (excludes halogenated alkanes) is 3. The van der Waals surface area contributed by atoms with Crippen molar-refractivity contribution in [3.05, 3.63) is 0 Å². The lowest BCUT2D eigenvalue weighted by atomic mass is 9.97. The van der Waals surface area contributed by atoms with Gasteiger partial charge in [0.15, 0.2) is 5.60 Å². The van der Waals surface area contributed by atoms with Crippen LogP contribution in [0.15, 0.2) is 0 Å². The van der Waals surface area contributed by atoms with E-state index in [1.54, 1.807) is 0 Å². The molecule has 0 bridgehead atoms. The number of carboxylic acids is 1. The Labute approximate surface area is 92.8 Å². The van der Waals surface area contributed by atoms with Crippen molar-refractivity contribution in [3.63, 3.8) is 0 Å². The maximum Gasteiger partial charge on any atom is 0.335 e. The van der Waals surface area contributed by atoms with Crippen LogP contribution < -0.4 is 0 Å². The Balaban J connectivity index is 3.91. The van der Waals surface area contributed by atoms with Crippen LogP contribution in [0.3, 0.4) is 0 Å². The van der Waals surface area contributed by atoms with E-state index in [0.29, 0.717) is 19.4 Å². The van der Waals surface area contributed by atoms with E-state index in [9.17, 15) is 4.79 Å². The first-order chi connectivity index (χ1) is 7.13.